The molecule has 4 bridgehead atoms. The minimum absolute atomic E-state index is 0.0218. The molecule has 0 aromatic carbocycles. The van der Waals surface area contributed by atoms with Gasteiger partial charge in [-0.05, 0) is 87.8 Å². The predicted octanol–water partition coefficient (Wildman–Crippen LogP) is 4.16. The van der Waals surface area contributed by atoms with Gasteiger partial charge in [-0.25, -0.2) is 0 Å². The number of hydrogen-bond acceptors (Lipinski definition) is 3. The van der Waals surface area contributed by atoms with E-state index in [2.05, 4.69) is 0 Å². The number of rotatable bonds is 4. The van der Waals surface area contributed by atoms with Crippen molar-refractivity contribution in [2.24, 2.45) is 17.8 Å². The van der Waals surface area contributed by atoms with Gasteiger partial charge >= 0.3 is 7.60 Å². The molecule has 1 heterocycles. The van der Waals surface area contributed by atoms with E-state index in [1.807, 2.05) is 6.07 Å². The Balaban J connectivity index is 1.76. The van der Waals surface area contributed by atoms with Gasteiger partial charge in [0.05, 0.1) is 0 Å². The van der Waals surface area contributed by atoms with E-state index in [1.165, 1.54) is 26.2 Å². The Hall–Kier alpha value is -1.16. The van der Waals surface area contributed by atoms with Crippen molar-refractivity contribution < 1.29 is 23.6 Å². The van der Waals surface area contributed by atoms with Crippen molar-refractivity contribution in [1.29, 1.82) is 0 Å². The Bertz CT molecular complexity index is 761. The first kappa shape index (κ1) is 17.3. The summed E-state index contributed by atoms with van der Waals surface area (Å²) in [6.45, 7) is 3.08. The van der Waals surface area contributed by atoms with Crippen LogP contribution in [-0.4, -0.2) is 15.6 Å². The minimum Gasteiger partial charge on any atom is -0.460 e. The fourth-order valence-electron chi connectivity index (χ4n) is 5.88. The lowest BCUT2D eigenvalue weighted by Gasteiger charge is -2.55. The van der Waals surface area contributed by atoms with Crippen molar-refractivity contribution in [3.63, 3.8) is 0 Å². The van der Waals surface area contributed by atoms with Crippen molar-refractivity contribution in [3.8, 4) is 0 Å². The number of hydrogen-bond donors (Lipinski definition) is 2. The van der Waals surface area contributed by atoms with Crippen LogP contribution in [0, 0.1) is 24.7 Å². The predicted molar refractivity (Wildman–Crippen MR) is 94.0 cm³/mol. The Morgan fingerprint density at radius 1 is 1.20 bits per heavy atom. The summed E-state index contributed by atoms with van der Waals surface area (Å²) in [7, 11) is -4.59. The van der Waals surface area contributed by atoms with Crippen LogP contribution in [0.3, 0.4) is 0 Å². The van der Waals surface area contributed by atoms with Crippen LogP contribution >= 0.6 is 7.60 Å². The lowest BCUT2D eigenvalue weighted by molar-refractivity contribution is -0.112. The van der Waals surface area contributed by atoms with Crippen LogP contribution in [0.25, 0.3) is 5.31 Å². The van der Waals surface area contributed by atoms with E-state index >= 15 is 0 Å². The molecule has 0 spiro atoms. The fourth-order valence-corrected chi connectivity index (χ4v) is 6.72. The SMILES string of the molecule is CC(=O)/C=C(\c1oc(C23CC4CC(CC(C4)C2)C3)cc1C)P(=O)(O)O. The van der Waals surface area contributed by atoms with Gasteiger partial charge in [-0.1, -0.05) is 0 Å². The summed E-state index contributed by atoms with van der Waals surface area (Å²) in [6.07, 6.45) is 8.33. The molecule has 5 rings (SSSR count). The van der Waals surface area contributed by atoms with Crippen LogP contribution in [0.5, 0.6) is 0 Å². The lowest BCUT2D eigenvalue weighted by Crippen LogP contribution is -2.48. The smallest absolute Gasteiger partial charge is 0.360 e. The normalized spacial score (nSPS) is 34.6. The number of carbonyl (C=O) groups is 1. The van der Waals surface area contributed by atoms with Crippen molar-refractivity contribution in [3.05, 3.63) is 29.2 Å². The van der Waals surface area contributed by atoms with Gasteiger partial charge in [-0.15, -0.1) is 0 Å². The van der Waals surface area contributed by atoms with E-state index in [0.717, 1.165) is 48.9 Å². The van der Waals surface area contributed by atoms with E-state index < -0.39 is 13.4 Å². The first-order valence-electron chi connectivity index (χ1n) is 9.06. The Morgan fingerprint density at radius 2 is 1.72 bits per heavy atom. The van der Waals surface area contributed by atoms with E-state index in [0.29, 0.717) is 5.56 Å². The van der Waals surface area contributed by atoms with E-state index in [4.69, 9.17) is 4.42 Å². The monoisotopic (exact) mass is 364 g/mol. The highest BCUT2D eigenvalue weighted by Crippen LogP contribution is 2.62. The number of ketones is 1. The van der Waals surface area contributed by atoms with Crippen LogP contribution in [0.2, 0.25) is 0 Å². The van der Waals surface area contributed by atoms with Crippen LogP contribution < -0.4 is 0 Å². The molecule has 136 valence electrons. The molecule has 0 aliphatic heterocycles. The molecule has 6 heteroatoms. The fraction of sp³-hybridized carbons (Fsp3) is 0.632. The van der Waals surface area contributed by atoms with Crippen molar-refractivity contribution in [2.45, 2.75) is 57.8 Å². The molecule has 4 aliphatic rings. The van der Waals surface area contributed by atoms with Gasteiger partial charge in [0, 0.05) is 5.41 Å². The highest BCUT2D eigenvalue weighted by molar-refractivity contribution is 7.63. The first-order chi connectivity index (χ1) is 11.7. The van der Waals surface area contributed by atoms with Gasteiger partial charge in [0.1, 0.15) is 16.8 Å². The van der Waals surface area contributed by atoms with Gasteiger partial charge in [0.15, 0.2) is 5.78 Å². The number of allylic oxidation sites excluding steroid dienone is 1. The molecule has 0 saturated heterocycles. The summed E-state index contributed by atoms with van der Waals surface area (Å²) in [6, 6.07) is 1.95. The number of furan rings is 1. The minimum atomic E-state index is -4.59. The highest BCUT2D eigenvalue weighted by Gasteiger charge is 2.53. The second kappa shape index (κ2) is 5.67. The third-order valence-corrected chi connectivity index (χ3v) is 7.32. The van der Waals surface area contributed by atoms with E-state index in [9.17, 15) is 19.1 Å². The van der Waals surface area contributed by atoms with Crippen LogP contribution in [0.15, 0.2) is 16.6 Å². The maximum atomic E-state index is 11.9. The van der Waals surface area contributed by atoms with Gasteiger partial charge in [-0.3, -0.25) is 9.36 Å². The quantitative estimate of drug-likeness (QED) is 0.619. The zero-order chi connectivity index (χ0) is 18.0. The second-order valence-electron chi connectivity index (χ2n) is 8.50. The van der Waals surface area contributed by atoms with E-state index in [-0.39, 0.29) is 16.5 Å². The Labute approximate surface area is 147 Å². The van der Waals surface area contributed by atoms with Gasteiger partial charge in [0.25, 0.3) is 0 Å². The van der Waals surface area contributed by atoms with Crippen molar-refractivity contribution >= 4 is 18.7 Å². The van der Waals surface area contributed by atoms with Crippen molar-refractivity contribution in [2.75, 3.05) is 0 Å². The Morgan fingerprint density at radius 3 is 2.16 bits per heavy atom. The van der Waals surface area contributed by atoms with Crippen molar-refractivity contribution in [1.82, 2.24) is 0 Å². The first-order valence-corrected chi connectivity index (χ1v) is 10.7. The topological polar surface area (TPSA) is 87.7 Å². The number of aryl methyl sites for hydroxylation is 1. The third-order valence-electron chi connectivity index (χ3n) is 6.37. The standard InChI is InChI=1S/C19H25O5P/c1-11-3-17(24-18(11)16(4-12(2)20)25(21,22)23)19-8-13-5-14(9-19)7-15(6-13)10-19/h3-4,13-15H,5-10H2,1-2H3,(H2,21,22,23)/b16-4+. The van der Waals surface area contributed by atoms with E-state index in [1.54, 1.807) is 6.92 Å². The lowest BCUT2D eigenvalue weighted by atomic mass is 9.49. The van der Waals surface area contributed by atoms with Crippen LogP contribution in [-0.2, 0) is 14.8 Å². The summed E-state index contributed by atoms with van der Waals surface area (Å²) in [5, 5.41) is -0.298. The molecule has 4 saturated carbocycles. The van der Waals surface area contributed by atoms with Crippen LogP contribution in [0.1, 0.15) is 62.5 Å². The molecule has 2 N–H and O–H groups in total. The molecular formula is C19H25O5P. The second-order valence-corrected chi connectivity index (χ2v) is 10.1. The molecule has 5 nitrogen and oxygen atoms in total. The summed E-state index contributed by atoms with van der Waals surface area (Å²) in [5.41, 5.74) is 0.718. The maximum Gasteiger partial charge on any atom is 0.360 e. The summed E-state index contributed by atoms with van der Waals surface area (Å²) >= 11 is 0. The molecule has 4 aliphatic carbocycles. The maximum absolute atomic E-state index is 11.9. The summed E-state index contributed by atoms with van der Waals surface area (Å²) in [5.74, 6) is 2.92. The zero-order valence-electron chi connectivity index (χ0n) is 14.7. The molecule has 1 aromatic heterocycles. The Kier molecular flexibility index (Phi) is 3.91. The zero-order valence-corrected chi connectivity index (χ0v) is 15.6. The molecule has 1 aromatic rings. The average molecular weight is 364 g/mol. The highest BCUT2D eigenvalue weighted by atomic mass is 31.2. The largest absolute Gasteiger partial charge is 0.460 e. The molecule has 0 unspecified atom stereocenters. The van der Waals surface area contributed by atoms with Gasteiger partial charge in [0.2, 0.25) is 0 Å². The summed E-state index contributed by atoms with van der Waals surface area (Å²) in [4.78, 5) is 30.8. The molecule has 25 heavy (non-hydrogen) atoms. The van der Waals surface area contributed by atoms with Gasteiger partial charge < -0.3 is 14.2 Å². The number of carbonyl (C=O) groups excluding carboxylic acids is 1. The van der Waals surface area contributed by atoms with Crippen LogP contribution in [0.4, 0.5) is 0 Å². The molecule has 4 fully saturated rings. The molecule has 0 atom stereocenters. The third kappa shape index (κ3) is 2.97. The van der Waals surface area contributed by atoms with Gasteiger partial charge in [-0.2, -0.15) is 0 Å². The average Bonchev–Trinajstić information content (AvgIpc) is 2.84. The molecule has 0 radical (unpaired) electrons. The molecule has 0 amide bonds. The molecular weight excluding hydrogens is 339 g/mol. The summed E-state index contributed by atoms with van der Waals surface area (Å²) < 4.78 is 18.0.